The smallest absolute Gasteiger partial charge is 0.225 e. The van der Waals surface area contributed by atoms with E-state index in [-0.39, 0.29) is 18.6 Å². The molecule has 0 aromatic heterocycles. The van der Waals surface area contributed by atoms with Crippen LogP contribution in [-0.2, 0) is 9.53 Å². The Bertz CT molecular complexity index is 233. The number of carbonyl (C=O) groups is 1. The fourth-order valence-corrected chi connectivity index (χ4v) is 2.12. The maximum atomic E-state index is 12.2. The number of hydrogen-bond acceptors (Lipinski definition) is 4. The minimum atomic E-state index is -0.209. The molecule has 20 heavy (non-hydrogen) atoms. The molecular weight excluding hydrogens is 256 g/mol. The van der Waals surface area contributed by atoms with Crippen molar-refractivity contribution in [2.45, 2.75) is 58.0 Å². The Hall–Kier alpha value is -0.650. The van der Waals surface area contributed by atoms with Crippen LogP contribution in [0, 0.1) is 0 Å². The summed E-state index contributed by atoms with van der Waals surface area (Å²) in [6, 6.07) is 0. The van der Waals surface area contributed by atoms with Gasteiger partial charge in [0.2, 0.25) is 5.91 Å². The summed E-state index contributed by atoms with van der Waals surface area (Å²) in [4.78, 5) is 14.0. The summed E-state index contributed by atoms with van der Waals surface area (Å²) in [6.07, 6.45) is 6.62. The molecule has 5 heteroatoms. The van der Waals surface area contributed by atoms with Gasteiger partial charge in [0, 0.05) is 33.4 Å². The van der Waals surface area contributed by atoms with E-state index in [4.69, 9.17) is 15.6 Å². The lowest BCUT2D eigenvalue weighted by Gasteiger charge is -2.24. The van der Waals surface area contributed by atoms with Gasteiger partial charge in [-0.25, -0.2) is 0 Å². The van der Waals surface area contributed by atoms with Crippen LogP contribution in [0.5, 0.6) is 0 Å². The van der Waals surface area contributed by atoms with Gasteiger partial charge < -0.3 is 20.5 Å². The molecule has 1 atom stereocenters. The highest BCUT2D eigenvalue weighted by Gasteiger charge is 2.17. The maximum absolute atomic E-state index is 12.2. The van der Waals surface area contributed by atoms with Crippen molar-refractivity contribution in [3.05, 3.63) is 0 Å². The Morgan fingerprint density at radius 1 is 1.20 bits per heavy atom. The minimum absolute atomic E-state index is 0.0752. The van der Waals surface area contributed by atoms with E-state index in [0.717, 1.165) is 19.4 Å². The predicted molar refractivity (Wildman–Crippen MR) is 81.5 cm³/mol. The van der Waals surface area contributed by atoms with E-state index in [2.05, 4.69) is 6.92 Å². The summed E-state index contributed by atoms with van der Waals surface area (Å²) >= 11 is 0. The van der Waals surface area contributed by atoms with Gasteiger partial charge in [-0.2, -0.15) is 0 Å². The highest BCUT2D eigenvalue weighted by molar-refractivity contribution is 5.76. The quantitative estimate of drug-likeness (QED) is 0.504. The van der Waals surface area contributed by atoms with Gasteiger partial charge in [-0.1, -0.05) is 32.6 Å². The number of nitrogens with two attached hydrogens (primary N) is 1. The fraction of sp³-hybridized carbons (Fsp3) is 0.933. The molecule has 0 bridgehead atoms. The second-order valence-electron chi connectivity index (χ2n) is 5.17. The number of ether oxygens (including phenoxy) is 1. The van der Waals surface area contributed by atoms with Crippen LogP contribution in [0.15, 0.2) is 0 Å². The van der Waals surface area contributed by atoms with Crippen LogP contribution in [0.25, 0.3) is 0 Å². The first-order valence-electron chi connectivity index (χ1n) is 7.81. The van der Waals surface area contributed by atoms with Gasteiger partial charge in [-0.3, -0.25) is 4.79 Å². The summed E-state index contributed by atoms with van der Waals surface area (Å²) in [5.41, 5.74) is 5.55. The van der Waals surface area contributed by atoms with Gasteiger partial charge >= 0.3 is 0 Å². The number of hydrogen-bond donors (Lipinski definition) is 2. The van der Waals surface area contributed by atoms with Crippen LogP contribution in [0.1, 0.15) is 51.9 Å². The summed E-state index contributed by atoms with van der Waals surface area (Å²) in [6.45, 7) is 4.04. The van der Waals surface area contributed by atoms with Gasteiger partial charge in [0.25, 0.3) is 0 Å². The largest absolute Gasteiger partial charge is 0.396 e. The lowest BCUT2D eigenvalue weighted by atomic mass is 10.1. The average molecular weight is 288 g/mol. The zero-order valence-electron chi connectivity index (χ0n) is 13.1. The second kappa shape index (κ2) is 13.3. The Balaban J connectivity index is 4.13. The molecule has 3 N–H and O–H groups in total. The number of aliphatic hydroxyl groups excluding tert-OH is 1. The second-order valence-corrected chi connectivity index (χ2v) is 5.17. The van der Waals surface area contributed by atoms with Crippen LogP contribution in [0.4, 0.5) is 0 Å². The van der Waals surface area contributed by atoms with E-state index in [1.54, 1.807) is 7.11 Å². The molecule has 0 radical (unpaired) electrons. The summed E-state index contributed by atoms with van der Waals surface area (Å²) < 4.78 is 5.16. The molecule has 0 aliphatic rings. The SMILES string of the molecule is CCCCCCCN(CCCO)C(=O)CC(CN)OC. The Morgan fingerprint density at radius 3 is 2.40 bits per heavy atom. The first kappa shape index (κ1) is 19.4. The number of amides is 1. The molecule has 0 aromatic carbocycles. The Kier molecular flexibility index (Phi) is 12.9. The van der Waals surface area contributed by atoms with E-state index >= 15 is 0 Å². The van der Waals surface area contributed by atoms with Gasteiger partial charge in [-0.05, 0) is 12.8 Å². The molecule has 1 amide bonds. The number of carbonyl (C=O) groups excluding carboxylic acids is 1. The van der Waals surface area contributed by atoms with E-state index < -0.39 is 0 Å². The molecule has 120 valence electrons. The van der Waals surface area contributed by atoms with Crippen LogP contribution in [0.2, 0.25) is 0 Å². The molecule has 0 saturated heterocycles. The van der Waals surface area contributed by atoms with Crippen molar-refractivity contribution < 1.29 is 14.6 Å². The van der Waals surface area contributed by atoms with Gasteiger partial charge in [0.05, 0.1) is 12.5 Å². The molecular formula is C15H32N2O3. The van der Waals surface area contributed by atoms with E-state index in [0.29, 0.717) is 25.9 Å². The highest BCUT2D eigenvalue weighted by Crippen LogP contribution is 2.07. The third-order valence-electron chi connectivity index (χ3n) is 3.47. The van der Waals surface area contributed by atoms with E-state index in [9.17, 15) is 4.79 Å². The predicted octanol–water partition coefficient (Wildman–Crippen LogP) is 1.53. The van der Waals surface area contributed by atoms with Gasteiger partial charge in [0.15, 0.2) is 0 Å². The molecule has 0 aliphatic carbocycles. The number of nitrogens with zero attached hydrogens (tertiary/aromatic N) is 1. The average Bonchev–Trinajstić information content (AvgIpc) is 2.47. The lowest BCUT2D eigenvalue weighted by molar-refractivity contribution is -0.133. The number of rotatable bonds is 13. The number of methoxy groups -OCH3 is 1. The molecule has 0 heterocycles. The number of aliphatic hydroxyl groups is 1. The third kappa shape index (κ3) is 9.28. The van der Waals surface area contributed by atoms with Crippen LogP contribution in [0.3, 0.4) is 0 Å². The molecule has 0 rings (SSSR count). The van der Waals surface area contributed by atoms with Crippen molar-refractivity contribution in [1.82, 2.24) is 4.90 Å². The van der Waals surface area contributed by atoms with Gasteiger partial charge in [0.1, 0.15) is 0 Å². The summed E-state index contributed by atoms with van der Waals surface area (Å²) in [5.74, 6) is 0.0752. The van der Waals surface area contributed by atoms with E-state index in [1.165, 1.54) is 19.3 Å². The van der Waals surface area contributed by atoms with Crippen molar-refractivity contribution >= 4 is 5.91 Å². The molecule has 1 unspecified atom stereocenters. The van der Waals surface area contributed by atoms with Crippen molar-refractivity contribution in [2.75, 3.05) is 33.4 Å². The molecule has 0 spiro atoms. The monoisotopic (exact) mass is 288 g/mol. The normalized spacial score (nSPS) is 12.4. The Morgan fingerprint density at radius 2 is 1.85 bits per heavy atom. The molecule has 0 aromatic rings. The van der Waals surface area contributed by atoms with Crippen molar-refractivity contribution in [2.24, 2.45) is 5.73 Å². The molecule has 5 nitrogen and oxygen atoms in total. The maximum Gasteiger partial charge on any atom is 0.225 e. The van der Waals surface area contributed by atoms with Crippen molar-refractivity contribution in [1.29, 1.82) is 0 Å². The molecule has 0 saturated carbocycles. The molecule has 0 fully saturated rings. The van der Waals surface area contributed by atoms with Gasteiger partial charge in [-0.15, -0.1) is 0 Å². The fourth-order valence-electron chi connectivity index (χ4n) is 2.12. The van der Waals surface area contributed by atoms with E-state index in [1.807, 2.05) is 4.90 Å². The third-order valence-corrected chi connectivity index (χ3v) is 3.47. The van der Waals surface area contributed by atoms with Crippen LogP contribution in [-0.4, -0.2) is 55.4 Å². The van der Waals surface area contributed by atoms with Crippen LogP contribution >= 0.6 is 0 Å². The molecule has 0 aliphatic heterocycles. The number of unbranched alkanes of at least 4 members (excludes halogenated alkanes) is 4. The minimum Gasteiger partial charge on any atom is -0.396 e. The standard InChI is InChI=1S/C15H32N2O3/c1-3-4-5-6-7-9-17(10-8-11-18)15(19)12-14(13-16)20-2/h14,18H,3-13,16H2,1-2H3. The first-order chi connectivity index (χ1) is 9.69. The topological polar surface area (TPSA) is 75.8 Å². The summed E-state index contributed by atoms with van der Waals surface area (Å²) in [5, 5.41) is 8.93. The zero-order chi connectivity index (χ0) is 15.2. The van der Waals surface area contributed by atoms with Crippen molar-refractivity contribution in [3.63, 3.8) is 0 Å². The Labute approximate surface area is 123 Å². The lowest BCUT2D eigenvalue weighted by Crippen LogP contribution is -2.37. The highest BCUT2D eigenvalue weighted by atomic mass is 16.5. The zero-order valence-corrected chi connectivity index (χ0v) is 13.1. The van der Waals surface area contributed by atoms with Crippen molar-refractivity contribution in [3.8, 4) is 0 Å². The summed E-state index contributed by atoms with van der Waals surface area (Å²) in [7, 11) is 1.58. The first-order valence-corrected chi connectivity index (χ1v) is 7.81. The van der Waals surface area contributed by atoms with Crippen LogP contribution < -0.4 is 5.73 Å².